The van der Waals surface area contributed by atoms with E-state index in [0.29, 0.717) is 17.1 Å². The molecule has 0 fully saturated rings. The van der Waals surface area contributed by atoms with Crippen molar-refractivity contribution in [2.24, 2.45) is 5.41 Å². The van der Waals surface area contributed by atoms with Gasteiger partial charge in [0, 0.05) is 28.2 Å². The van der Waals surface area contributed by atoms with Crippen LogP contribution in [-0.4, -0.2) is 22.9 Å². The second-order valence-corrected chi connectivity index (χ2v) is 9.51. The van der Waals surface area contributed by atoms with Crippen LogP contribution in [0.4, 0.5) is 0 Å². The summed E-state index contributed by atoms with van der Waals surface area (Å²) in [6.45, 7) is 11.0. The number of benzene rings is 2. The monoisotopic (exact) mass is 424 g/mol. The average Bonchev–Trinajstić information content (AvgIpc) is 2.92. The van der Waals surface area contributed by atoms with Crippen molar-refractivity contribution in [3.63, 3.8) is 0 Å². The lowest BCUT2D eigenvalue weighted by molar-refractivity contribution is -0.120. The van der Waals surface area contributed by atoms with Gasteiger partial charge in [-0.3, -0.25) is 14.2 Å². The molecule has 0 bridgehead atoms. The standard InChI is InChI=1S/C25H29ClN2O2/c1-16-6-11-22-21(14-16)20(15-23(29)27-13-12-25(3,4)5)17(2)28(22)24(30)18-7-9-19(26)10-8-18/h6-11,14H,12-13,15H2,1-5H3,(H,27,29). The molecule has 0 saturated carbocycles. The lowest BCUT2D eigenvalue weighted by Gasteiger charge is -2.18. The topological polar surface area (TPSA) is 51.1 Å². The highest BCUT2D eigenvalue weighted by Gasteiger charge is 2.21. The summed E-state index contributed by atoms with van der Waals surface area (Å²) in [5.74, 6) is -0.153. The number of nitrogens with one attached hydrogen (secondary N) is 1. The number of hydrogen-bond acceptors (Lipinski definition) is 2. The Labute approximate surface area is 183 Å². The van der Waals surface area contributed by atoms with E-state index in [2.05, 4.69) is 26.1 Å². The maximum atomic E-state index is 13.3. The van der Waals surface area contributed by atoms with E-state index in [1.54, 1.807) is 28.8 Å². The summed E-state index contributed by atoms with van der Waals surface area (Å²) in [4.78, 5) is 25.9. The second kappa shape index (κ2) is 8.65. The van der Waals surface area contributed by atoms with Crippen molar-refractivity contribution in [3.8, 4) is 0 Å². The summed E-state index contributed by atoms with van der Waals surface area (Å²) >= 11 is 5.97. The van der Waals surface area contributed by atoms with Crippen LogP contribution in [0.3, 0.4) is 0 Å². The Balaban J connectivity index is 1.96. The third-order valence-corrected chi connectivity index (χ3v) is 5.57. The molecule has 0 radical (unpaired) electrons. The minimum atomic E-state index is -0.127. The van der Waals surface area contributed by atoms with Crippen LogP contribution in [0.1, 0.15) is 54.4 Å². The zero-order valence-electron chi connectivity index (χ0n) is 18.3. The Kier molecular flexibility index (Phi) is 6.37. The normalized spacial score (nSPS) is 11.7. The van der Waals surface area contributed by atoms with E-state index in [1.807, 2.05) is 32.0 Å². The molecule has 1 N–H and O–H groups in total. The van der Waals surface area contributed by atoms with Crippen LogP contribution in [0.5, 0.6) is 0 Å². The number of carbonyl (C=O) groups is 2. The van der Waals surface area contributed by atoms with Gasteiger partial charge < -0.3 is 5.32 Å². The lowest BCUT2D eigenvalue weighted by atomic mass is 9.92. The van der Waals surface area contributed by atoms with E-state index in [4.69, 9.17) is 11.6 Å². The van der Waals surface area contributed by atoms with Gasteiger partial charge in [0.05, 0.1) is 11.9 Å². The quantitative estimate of drug-likeness (QED) is 0.571. The van der Waals surface area contributed by atoms with Gasteiger partial charge in [0.1, 0.15) is 0 Å². The van der Waals surface area contributed by atoms with Crippen LogP contribution in [0.15, 0.2) is 42.5 Å². The maximum absolute atomic E-state index is 13.3. The summed E-state index contributed by atoms with van der Waals surface area (Å²) in [5, 5.41) is 4.55. The fourth-order valence-electron chi connectivity index (χ4n) is 3.60. The van der Waals surface area contributed by atoms with Crippen molar-refractivity contribution >= 4 is 34.3 Å². The first kappa shape index (κ1) is 22.1. The number of halogens is 1. The van der Waals surface area contributed by atoms with Crippen molar-refractivity contribution in [2.75, 3.05) is 6.54 Å². The Bertz CT molecular complexity index is 1090. The Hall–Kier alpha value is -2.59. The lowest BCUT2D eigenvalue weighted by Crippen LogP contribution is -2.28. The van der Waals surface area contributed by atoms with E-state index in [0.717, 1.165) is 34.1 Å². The first-order chi connectivity index (χ1) is 14.1. The van der Waals surface area contributed by atoms with Crippen LogP contribution in [0, 0.1) is 19.3 Å². The van der Waals surface area contributed by atoms with Gasteiger partial charge in [-0.05, 0) is 67.6 Å². The van der Waals surface area contributed by atoms with Gasteiger partial charge in [-0.2, -0.15) is 0 Å². The van der Waals surface area contributed by atoms with E-state index < -0.39 is 0 Å². The minimum absolute atomic E-state index is 0.0261. The first-order valence-corrected chi connectivity index (χ1v) is 10.6. The molecule has 0 saturated heterocycles. The van der Waals surface area contributed by atoms with Crippen molar-refractivity contribution in [3.05, 3.63) is 69.9 Å². The van der Waals surface area contributed by atoms with Gasteiger partial charge in [-0.25, -0.2) is 0 Å². The Morgan fingerprint density at radius 2 is 1.70 bits per heavy atom. The molecule has 1 amide bonds. The first-order valence-electron chi connectivity index (χ1n) is 10.2. The van der Waals surface area contributed by atoms with Crippen LogP contribution >= 0.6 is 11.6 Å². The van der Waals surface area contributed by atoms with Gasteiger partial charge >= 0.3 is 0 Å². The highest BCUT2D eigenvalue weighted by molar-refractivity contribution is 6.30. The van der Waals surface area contributed by atoms with Crippen LogP contribution in [-0.2, 0) is 11.2 Å². The number of rotatable bonds is 5. The molecule has 4 nitrogen and oxygen atoms in total. The zero-order valence-corrected chi connectivity index (χ0v) is 19.1. The molecule has 0 aliphatic heterocycles. The Morgan fingerprint density at radius 3 is 2.33 bits per heavy atom. The third kappa shape index (κ3) is 4.93. The molecule has 3 aromatic rings. The fourth-order valence-corrected chi connectivity index (χ4v) is 3.73. The molecule has 0 aliphatic carbocycles. The van der Waals surface area contributed by atoms with Gasteiger partial charge in [0.25, 0.3) is 5.91 Å². The second-order valence-electron chi connectivity index (χ2n) is 9.07. The number of fused-ring (bicyclic) bond motifs is 1. The molecule has 2 aromatic carbocycles. The van der Waals surface area contributed by atoms with E-state index >= 15 is 0 Å². The van der Waals surface area contributed by atoms with E-state index in [1.165, 1.54) is 0 Å². The largest absolute Gasteiger partial charge is 0.356 e. The molecule has 0 spiro atoms. The third-order valence-electron chi connectivity index (χ3n) is 5.32. The number of nitrogens with zero attached hydrogens (tertiary/aromatic N) is 1. The molecule has 0 unspecified atom stereocenters. The van der Waals surface area contributed by atoms with Crippen LogP contribution < -0.4 is 5.32 Å². The van der Waals surface area contributed by atoms with E-state index in [9.17, 15) is 9.59 Å². The van der Waals surface area contributed by atoms with Crippen molar-refractivity contribution in [2.45, 2.75) is 47.5 Å². The van der Waals surface area contributed by atoms with Crippen LogP contribution in [0.2, 0.25) is 5.02 Å². The number of hydrogen-bond donors (Lipinski definition) is 1. The maximum Gasteiger partial charge on any atom is 0.262 e. The molecular weight excluding hydrogens is 396 g/mol. The summed E-state index contributed by atoms with van der Waals surface area (Å²) < 4.78 is 1.70. The smallest absolute Gasteiger partial charge is 0.262 e. The van der Waals surface area contributed by atoms with E-state index in [-0.39, 0.29) is 23.7 Å². The highest BCUT2D eigenvalue weighted by Crippen LogP contribution is 2.29. The molecular formula is C25H29ClN2O2. The van der Waals surface area contributed by atoms with Gasteiger partial charge in [0.15, 0.2) is 0 Å². The number of aryl methyl sites for hydroxylation is 1. The fraction of sp³-hybridized carbons (Fsp3) is 0.360. The molecule has 5 heteroatoms. The van der Waals surface area contributed by atoms with Gasteiger partial charge in [-0.1, -0.05) is 44.0 Å². The predicted molar refractivity (Wildman–Crippen MR) is 123 cm³/mol. The van der Waals surface area contributed by atoms with Crippen LogP contribution in [0.25, 0.3) is 10.9 Å². The molecule has 0 aliphatic rings. The number of aromatic nitrogens is 1. The van der Waals surface area contributed by atoms with Crippen molar-refractivity contribution < 1.29 is 9.59 Å². The molecule has 158 valence electrons. The zero-order chi connectivity index (χ0) is 22.1. The van der Waals surface area contributed by atoms with Gasteiger partial charge in [-0.15, -0.1) is 0 Å². The number of carbonyl (C=O) groups excluding carboxylic acids is 2. The average molecular weight is 425 g/mol. The summed E-state index contributed by atoms with van der Waals surface area (Å²) in [7, 11) is 0. The number of amides is 1. The Morgan fingerprint density at radius 1 is 1.03 bits per heavy atom. The summed E-state index contributed by atoms with van der Waals surface area (Å²) in [6.07, 6.45) is 1.16. The molecule has 0 atom stereocenters. The van der Waals surface area contributed by atoms with Gasteiger partial charge in [0.2, 0.25) is 5.91 Å². The summed E-state index contributed by atoms with van der Waals surface area (Å²) in [5.41, 5.74) is 4.32. The summed E-state index contributed by atoms with van der Waals surface area (Å²) in [6, 6.07) is 12.9. The van der Waals surface area contributed by atoms with Crippen molar-refractivity contribution in [1.29, 1.82) is 0 Å². The minimum Gasteiger partial charge on any atom is -0.356 e. The predicted octanol–water partition coefficient (Wildman–Crippen LogP) is 5.69. The molecule has 1 aromatic heterocycles. The molecule has 1 heterocycles. The molecule has 30 heavy (non-hydrogen) atoms. The SMILES string of the molecule is Cc1ccc2c(c1)c(CC(=O)NCCC(C)(C)C)c(C)n2C(=O)c1ccc(Cl)cc1. The molecule has 3 rings (SSSR count). The van der Waals surface area contributed by atoms with Crippen molar-refractivity contribution in [1.82, 2.24) is 9.88 Å². The highest BCUT2D eigenvalue weighted by atomic mass is 35.5.